The molecule has 1 atom stereocenters. The Morgan fingerprint density at radius 2 is 2.00 bits per heavy atom. The molecule has 0 bridgehead atoms. The number of carbonyl (C=O) groups is 1. The molecular weight excluding hydrogens is 176 g/mol. The molecule has 1 aromatic carbocycles. The van der Waals surface area contributed by atoms with E-state index in [2.05, 4.69) is 0 Å². The van der Waals surface area contributed by atoms with Crippen LogP contribution >= 0.6 is 11.6 Å². The Bertz CT molecular complexity index is 301. The van der Waals surface area contributed by atoms with Gasteiger partial charge in [0.1, 0.15) is 6.10 Å². The van der Waals surface area contributed by atoms with E-state index in [0.717, 1.165) is 12.2 Å². The number of hydrogen-bond acceptors (Lipinski definition) is 2. The van der Waals surface area contributed by atoms with Crippen LogP contribution in [0.25, 0.3) is 0 Å². The molecule has 1 aliphatic heterocycles. The molecule has 0 aromatic heterocycles. The molecule has 1 unspecified atom stereocenters. The van der Waals surface area contributed by atoms with E-state index in [1.54, 1.807) is 12.1 Å². The molecule has 0 spiro atoms. The molecule has 1 aromatic rings. The first-order valence-electron chi connectivity index (χ1n) is 3.69. The van der Waals surface area contributed by atoms with E-state index in [0.29, 0.717) is 5.56 Å². The van der Waals surface area contributed by atoms with Crippen molar-refractivity contribution in [3.05, 3.63) is 35.4 Å². The summed E-state index contributed by atoms with van der Waals surface area (Å²) in [6.07, 6.45) is 0.240. The highest BCUT2D eigenvalue weighted by atomic mass is 35.5. The van der Waals surface area contributed by atoms with Gasteiger partial charge in [-0.1, -0.05) is 12.1 Å². The Labute approximate surface area is 75.1 Å². The number of halogens is 1. The van der Waals surface area contributed by atoms with Crippen molar-refractivity contribution in [2.24, 2.45) is 0 Å². The van der Waals surface area contributed by atoms with Crippen molar-refractivity contribution in [2.45, 2.75) is 6.10 Å². The van der Waals surface area contributed by atoms with E-state index in [1.165, 1.54) is 0 Å². The lowest BCUT2D eigenvalue weighted by Crippen LogP contribution is -1.88. The molecule has 3 heteroatoms. The van der Waals surface area contributed by atoms with Gasteiger partial charge in [0, 0.05) is 5.56 Å². The van der Waals surface area contributed by atoms with E-state index < -0.39 is 5.24 Å². The SMILES string of the molecule is O=C(Cl)c1ccc(C2CO2)cc1. The molecule has 62 valence electrons. The predicted molar refractivity (Wildman–Crippen MR) is 45.3 cm³/mol. The summed E-state index contributed by atoms with van der Waals surface area (Å²) in [6, 6.07) is 7.17. The highest BCUT2D eigenvalue weighted by Crippen LogP contribution is 2.29. The summed E-state index contributed by atoms with van der Waals surface area (Å²) in [7, 11) is 0. The van der Waals surface area contributed by atoms with Gasteiger partial charge in [0.05, 0.1) is 6.61 Å². The van der Waals surface area contributed by atoms with Gasteiger partial charge >= 0.3 is 0 Å². The zero-order chi connectivity index (χ0) is 8.55. The van der Waals surface area contributed by atoms with Crippen LogP contribution in [0.4, 0.5) is 0 Å². The summed E-state index contributed by atoms with van der Waals surface area (Å²) in [5.41, 5.74) is 1.64. The van der Waals surface area contributed by atoms with Crippen LogP contribution in [0, 0.1) is 0 Å². The summed E-state index contributed by atoms with van der Waals surface area (Å²) in [6.45, 7) is 0.786. The maximum absolute atomic E-state index is 10.7. The highest BCUT2D eigenvalue weighted by Gasteiger charge is 2.24. The van der Waals surface area contributed by atoms with E-state index in [-0.39, 0.29) is 6.10 Å². The third kappa shape index (κ3) is 1.49. The van der Waals surface area contributed by atoms with Crippen LogP contribution in [0.2, 0.25) is 0 Å². The predicted octanol–water partition coefficient (Wildman–Crippen LogP) is 2.14. The van der Waals surface area contributed by atoms with Crippen molar-refractivity contribution >= 4 is 16.8 Å². The van der Waals surface area contributed by atoms with Gasteiger partial charge in [-0.2, -0.15) is 0 Å². The third-order valence-electron chi connectivity index (χ3n) is 1.84. The molecule has 1 aliphatic rings. The monoisotopic (exact) mass is 182 g/mol. The van der Waals surface area contributed by atoms with Crippen molar-refractivity contribution in [1.29, 1.82) is 0 Å². The quantitative estimate of drug-likeness (QED) is 0.518. The van der Waals surface area contributed by atoms with Crippen LogP contribution in [0.3, 0.4) is 0 Å². The fraction of sp³-hybridized carbons (Fsp3) is 0.222. The maximum Gasteiger partial charge on any atom is 0.252 e. The smallest absolute Gasteiger partial charge is 0.252 e. The normalized spacial score (nSPS) is 20.6. The number of carbonyl (C=O) groups excluding carboxylic acids is 1. The van der Waals surface area contributed by atoms with Gasteiger partial charge in [0.15, 0.2) is 0 Å². The van der Waals surface area contributed by atoms with Crippen LogP contribution in [0.5, 0.6) is 0 Å². The van der Waals surface area contributed by atoms with E-state index in [9.17, 15) is 4.79 Å². The summed E-state index contributed by atoms with van der Waals surface area (Å²) in [5.74, 6) is 0. The van der Waals surface area contributed by atoms with Gasteiger partial charge in [-0.3, -0.25) is 4.79 Å². The van der Waals surface area contributed by atoms with Gasteiger partial charge in [-0.25, -0.2) is 0 Å². The Balaban J connectivity index is 2.24. The van der Waals surface area contributed by atoms with Gasteiger partial charge in [-0.05, 0) is 29.3 Å². The topological polar surface area (TPSA) is 29.6 Å². The highest BCUT2D eigenvalue weighted by molar-refractivity contribution is 6.67. The minimum atomic E-state index is -0.418. The lowest BCUT2D eigenvalue weighted by atomic mass is 10.1. The van der Waals surface area contributed by atoms with Crippen molar-refractivity contribution < 1.29 is 9.53 Å². The van der Waals surface area contributed by atoms with Crippen LogP contribution in [0.15, 0.2) is 24.3 Å². The van der Waals surface area contributed by atoms with Gasteiger partial charge in [0.2, 0.25) is 0 Å². The average molecular weight is 183 g/mol. The first-order chi connectivity index (χ1) is 5.77. The summed E-state index contributed by atoms with van der Waals surface area (Å²) < 4.78 is 5.08. The molecule has 0 saturated carbocycles. The van der Waals surface area contributed by atoms with Crippen LogP contribution < -0.4 is 0 Å². The van der Waals surface area contributed by atoms with E-state index in [1.807, 2.05) is 12.1 Å². The maximum atomic E-state index is 10.7. The molecule has 1 saturated heterocycles. The van der Waals surface area contributed by atoms with Crippen molar-refractivity contribution in [3.8, 4) is 0 Å². The minimum absolute atomic E-state index is 0.240. The minimum Gasteiger partial charge on any atom is -0.368 e. The van der Waals surface area contributed by atoms with E-state index >= 15 is 0 Å². The summed E-state index contributed by atoms with van der Waals surface area (Å²) >= 11 is 5.28. The Kier molecular flexibility index (Phi) is 1.87. The second-order valence-electron chi connectivity index (χ2n) is 2.72. The van der Waals surface area contributed by atoms with Crippen LogP contribution in [-0.4, -0.2) is 11.8 Å². The molecule has 12 heavy (non-hydrogen) atoms. The van der Waals surface area contributed by atoms with Crippen molar-refractivity contribution in [1.82, 2.24) is 0 Å². The fourth-order valence-corrected chi connectivity index (χ4v) is 1.20. The molecular formula is C9H7ClO2. The molecule has 1 fully saturated rings. The Hall–Kier alpha value is -0.860. The first kappa shape index (κ1) is 7.77. The summed E-state index contributed by atoms with van der Waals surface area (Å²) in [4.78, 5) is 10.7. The van der Waals surface area contributed by atoms with Gasteiger partial charge < -0.3 is 4.74 Å². The molecule has 0 aliphatic carbocycles. The van der Waals surface area contributed by atoms with Gasteiger partial charge in [0.25, 0.3) is 5.24 Å². The molecule has 2 rings (SSSR count). The van der Waals surface area contributed by atoms with Gasteiger partial charge in [-0.15, -0.1) is 0 Å². The van der Waals surface area contributed by atoms with Crippen LogP contribution in [-0.2, 0) is 4.74 Å². The zero-order valence-corrected chi connectivity index (χ0v) is 7.04. The average Bonchev–Trinajstić information content (AvgIpc) is 2.87. The molecule has 0 amide bonds. The molecule has 1 heterocycles. The number of ether oxygens (including phenoxy) is 1. The van der Waals surface area contributed by atoms with Crippen molar-refractivity contribution in [2.75, 3.05) is 6.61 Å². The largest absolute Gasteiger partial charge is 0.368 e. The third-order valence-corrected chi connectivity index (χ3v) is 2.06. The Morgan fingerprint density at radius 1 is 1.42 bits per heavy atom. The molecule has 2 nitrogen and oxygen atoms in total. The standard InChI is InChI=1S/C9H7ClO2/c10-9(11)7-3-1-6(2-4-7)8-5-12-8/h1-4,8H,5H2. The summed E-state index contributed by atoms with van der Waals surface area (Å²) in [5, 5.41) is -0.418. The zero-order valence-electron chi connectivity index (χ0n) is 6.29. The fourth-order valence-electron chi connectivity index (χ4n) is 1.07. The van der Waals surface area contributed by atoms with Crippen LogP contribution in [0.1, 0.15) is 22.0 Å². The van der Waals surface area contributed by atoms with Crippen molar-refractivity contribution in [3.63, 3.8) is 0 Å². The number of rotatable bonds is 2. The number of epoxide rings is 1. The Morgan fingerprint density at radius 3 is 2.42 bits per heavy atom. The lowest BCUT2D eigenvalue weighted by Gasteiger charge is -1.95. The molecule has 0 radical (unpaired) electrons. The first-order valence-corrected chi connectivity index (χ1v) is 4.06. The molecule has 0 N–H and O–H groups in total. The number of hydrogen-bond donors (Lipinski definition) is 0. The second kappa shape index (κ2) is 2.88. The van der Waals surface area contributed by atoms with E-state index in [4.69, 9.17) is 16.3 Å². The lowest BCUT2D eigenvalue weighted by molar-refractivity contribution is 0.108. The number of benzene rings is 1. The second-order valence-corrected chi connectivity index (χ2v) is 3.06.